The quantitative estimate of drug-likeness (QED) is 0.739. The highest BCUT2D eigenvalue weighted by Gasteiger charge is 2.34. The molecule has 1 fully saturated rings. The van der Waals surface area contributed by atoms with Crippen LogP contribution in [0.2, 0.25) is 0 Å². The third kappa shape index (κ3) is 6.45. The Labute approximate surface area is 140 Å². The number of carboxylic acids is 1. The minimum atomic E-state index is -1.02. The van der Waals surface area contributed by atoms with Crippen LogP contribution in [0, 0.1) is 0 Å². The molecule has 0 saturated carbocycles. The molecule has 0 bridgehead atoms. The number of amides is 1. The van der Waals surface area contributed by atoms with Gasteiger partial charge in [0.15, 0.2) is 6.61 Å². The first kappa shape index (κ1) is 18.1. The van der Waals surface area contributed by atoms with Crippen LogP contribution >= 0.6 is 0 Å². The summed E-state index contributed by atoms with van der Waals surface area (Å²) in [5.41, 5.74) is 0.427. The number of carboxylic acid groups (broad SMARTS) is 1. The summed E-state index contributed by atoms with van der Waals surface area (Å²) < 4.78 is 15.7. The van der Waals surface area contributed by atoms with Crippen molar-refractivity contribution in [2.75, 3.05) is 13.2 Å². The van der Waals surface area contributed by atoms with Crippen LogP contribution in [0.1, 0.15) is 26.3 Å². The largest absolute Gasteiger partial charge is 0.482 e. The lowest BCUT2D eigenvalue weighted by molar-refractivity contribution is -0.139. The number of hydrogen-bond donors (Lipinski definition) is 2. The van der Waals surface area contributed by atoms with E-state index in [4.69, 9.17) is 19.3 Å². The molecular weight excluding hydrogens is 314 g/mol. The van der Waals surface area contributed by atoms with Crippen molar-refractivity contribution < 1.29 is 28.9 Å². The number of hydrogen-bond acceptors (Lipinski definition) is 5. The monoisotopic (exact) mass is 337 g/mol. The normalized spacial score (nSPS) is 17.7. The van der Waals surface area contributed by atoms with E-state index >= 15 is 0 Å². The number of epoxide rings is 1. The Bertz CT molecular complexity index is 574. The molecule has 7 heteroatoms. The number of rotatable bonds is 7. The Morgan fingerprint density at radius 2 is 1.96 bits per heavy atom. The second-order valence-corrected chi connectivity index (χ2v) is 6.65. The predicted octanol–water partition coefficient (Wildman–Crippen LogP) is 1.98. The lowest BCUT2D eigenvalue weighted by atomic mass is 10.0. The van der Waals surface area contributed by atoms with E-state index in [0.717, 1.165) is 5.56 Å². The number of carbonyl (C=O) groups is 2. The van der Waals surface area contributed by atoms with Crippen LogP contribution in [0.15, 0.2) is 24.3 Å². The second kappa shape index (κ2) is 7.53. The van der Waals surface area contributed by atoms with E-state index in [9.17, 15) is 9.59 Å². The maximum atomic E-state index is 11.9. The molecule has 24 heavy (non-hydrogen) atoms. The van der Waals surface area contributed by atoms with E-state index in [1.165, 1.54) is 0 Å². The van der Waals surface area contributed by atoms with Crippen molar-refractivity contribution in [1.29, 1.82) is 0 Å². The molecule has 0 unspecified atom stereocenters. The molecule has 7 nitrogen and oxygen atoms in total. The molecule has 0 spiro atoms. The highest BCUT2D eigenvalue weighted by atomic mass is 16.6. The maximum absolute atomic E-state index is 11.9. The number of alkyl carbamates (subject to hydrolysis) is 1. The summed E-state index contributed by atoms with van der Waals surface area (Å²) in [5.74, 6) is -0.535. The standard InChI is InChI=1S/C17H23NO6/c1-17(2,3)24-16(21)18-13(14-9-23-14)8-11-4-6-12(7-5-11)22-10-15(19)20/h4-7,13-14H,8-10H2,1-3H3,(H,18,21)(H,19,20)/t13-,14+/m0/s1. The lowest BCUT2D eigenvalue weighted by Crippen LogP contribution is -2.43. The SMILES string of the molecule is CC(C)(C)OC(=O)N[C@@H](Cc1ccc(OCC(=O)O)cc1)[C@H]1CO1. The van der Waals surface area contributed by atoms with Crippen molar-refractivity contribution >= 4 is 12.1 Å². The van der Waals surface area contributed by atoms with Gasteiger partial charge < -0.3 is 24.6 Å². The van der Waals surface area contributed by atoms with Gasteiger partial charge in [-0.1, -0.05) is 12.1 Å². The predicted molar refractivity (Wildman–Crippen MR) is 86.2 cm³/mol. The smallest absolute Gasteiger partial charge is 0.407 e. The van der Waals surface area contributed by atoms with Gasteiger partial charge in [0.05, 0.1) is 12.6 Å². The minimum absolute atomic E-state index is 0.0135. The fourth-order valence-electron chi connectivity index (χ4n) is 2.14. The van der Waals surface area contributed by atoms with Gasteiger partial charge >= 0.3 is 12.1 Å². The molecule has 1 amide bonds. The van der Waals surface area contributed by atoms with Crippen LogP contribution in [0.25, 0.3) is 0 Å². The molecule has 1 aromatic rings. The molecule has 1 saturated heterocycles. The molecule has 1 heterocycles. The third-order valence-corrected chi connectivity index (χ3v) is 3.25. The lowest BCUT2D eigenvalue weighted by Gasteiger charge is -2.23. The summed E-state index contributed by atoms with van der Waals surface area (Å²) in [6.07, 6.45) is 0.105. The van der Waals surface area contributed by atoms with E-state index in [-0.39, 0.29) is 18.8 Å². The molecular formula is C17H23NO6. The highest BCUT2D eigenvalue weighted by molar-refractivity contribution is 5.68. The van der Waals surface area contributed by atoms with Gasteiger partial charge in [0.25, 0.3) is 0 Å². The highest BCUT2D eigenvalue weighted by Crippen LogP contribution is 2.20. The molecule has 0 aliphatic carbocycles. The van der Waals surface area contributed by atoms with Gasteiger partial charge in [0.2, 0.25) is 0 Å². The fourth-order valence-corrected chi connectivity index (χ4v) is 2.14. The summed E-state index contributed by atoms with van der Waals surface area (Å²) in [6.45, 7) is 5.67. The first-order valence-corrected chi connectivity index (χ1v) is 7.77. The minimum Gasteiger partial charge on any atom is -0.482 e. The Balaban J connectivity index is 1.91. The number of carbonyl (C=O) groups excluding carboxylic acids is 1. The molecule has 1 aromatic carbocycles. The molecule has 0 radical (unpaired) electrons. The zero-order valence-electron chi connectivity index (χ0n) is 14.1. The average Bonchev–Trinajstić information content (AvgIpc) is 3.28. The van der Waals surface area contributed by atoms with Crippen molar-refractivity contribution in [2.45, 2.75) is 44.9 Å². The zero-order valence-corrected chi connectivity index (χ0v) is 14.1. The second-order valence-electron chi connectivity index (χ2n) is 6.65. The fraction of sp³-hybridized carbons (Fsp3) is 0.529. The van der Waals surface area contributed by atoms with Crippen molar-refractivity contribution in [3.8, 4) is 5.75 Å². The van der Waals surface area contributed by atoms with Gasteiger partial charge in [0.1, 0.15) is 17.5 Å². The third-order valence-electron chi connectivity index (χ3n) is 3.25. The number of nitrogens with one attached hydrogen (secondary N) is 1. The van der Waals surface area contributed by atoms with E-state index in [2.05, 4.69) is 5.32 Å². The van der Waals surface area contributed by atoms with Gasteiger partial charge in [-0.3, -0.25) is 0 Å². The van der Waals surface area contributed by atoms with E-state index in [1.807, 2.05) is 32.9 Å². The molecule has 2 N–H and O–H groups in total. The number of aliphatic carboxylic acids is 1. The summed E-state index contributed by atoms with van der Waals surface area (Å²) in [5, 5.41) is 11.4. The van der Waals surface area contributed by atoms with Crippen LogP contribution in [-0.4, -0.2) is 48.1 Å². The first-order valence-electron chi connectivity index (χ1n) is 7.77. The Morgan fingerprint density at radius 1 is 1.33 bits per heavy atom. The number of ether oxygens (including phenoxy) is 3. The Kier molecular flexibility index (Phi) is 5.66. The topological polar surface area (TPSA) is 97.4 Å². The Hall–Kier alpha value is -2.28. The summed E-state index contributed by atoms with van der Waals surface area (Å²) in [7, 11) is 0. The van der Waals surface area contributed by atoms with Crippen molar-refractivity contribution in [2.24, 2.45) is 0 Å². The maximum Gasteiger partial charge on any atom is 0.407 e. The zero-order chi connectivity index (χ0) is 17.7. The molecule has 2 atom stereocenters. The summed E-state index contributed by atoms with van der Waals surface area (Å²) in [6, 6.07) is 6.91. The van der Waals surface area contributed by atoms with Crippen LogP contribution in [0.3, 0.4) is 0 Å². The van der Waals surface area contributed by atoms with Crippen LogP contribution in [-0.2, 0) is 20.7 Å². The van der Waals surface area contributed by atoms with Gasteiger partial charge in [-0.25, -0.2) is 9.59 Å². The average molecular weight is 337 g/mol. The van der Waals surface area contributed by atoms with E-state index in [1.54, 1.807) is 12.1 Å². The van der Waals surface area contributed by atoms with Gasteiger partial charge in [-0.15, -0.1) is 0 Å². The summed E-state index contributed by atoms with van der Waals surface area (Å²) >= 11 is 0. The van der Waals surface area contributed by atoms with E-state index < -0.39 is 17.7 Å². The Morgan fingerprint density at radius 3 is 2.46 bits per heavy atom. The van der Waals surface area contributed by atoms with Crippen molar-refractivity contribution in [1.82, 2.24) is 5.32 Å². The van der Waals surface area contributed by atoms with Gasteiger partial charge in [-0.2, -0.15) is 0 Å². The first-order chi connectivity index (χ1) is 11.2. The summed E-state index contributed by atoms with van der Waals surface area (Å²) in [4.78, 5) is 22.4. The molecule has 2 rings (SSSR count). The molecule has 1 aliphatic heterocycles. The van der Waals surface area contributed by atoms with E-state index in [0.29, 0.717) is 18.8 Å². The van der Waals surface area contributed by atoms with Crippen molar-refractivity contribution in [3.63, 3.8) is 0 Å². The van der Waals surface area contributed by atoms with Crippen LogP contribution < -0.4 is 10.1 Å². The van der Waals surface area contributed by atoms with Crippen LogP contribution in [0.4, 0.5) is 4.79 Å². The molecule has 0 aromatic heterocycles. The number of benzene rings is 1. The molecule has 132 valence electrons. The van der Waals surface area contributed by atoms with Crippen molar-refractivity contribution in [3.05, 3.63) is 29.8 Å². The molecule has 1 aliphatic rings. The van der Waals surface area contributed by atoms with Gasteiger partial charge in [-0.05, 0) is 44.9 Å². The van der Waals surface area contributed by atoms with Gasteiger partial charge in [0, 0.05) is 0 Å². The van der Waals surface area contributed by atoms with Crippen LogP contribution in [0.5, 0.6) is 5.75 Å².